The van der Waals surface area contributed by atoms with Gasteiger partial charge in [0.15, 0.2) is 0 Å². The number of allylic oxidation sites excluding steroid dienone is 2. The molecule has 2 nitrogen and oxygen atoms in total. The minimum Gasteiger partial charge on any atom is -0.508 e. The van der Waals surface area contributed by atoms with E-state index < -0.39 is 0 Å². The number of unbranched alkanes of at least 4 members (excludes halogenated alkanes) is 11. The smallest absolute Gasteiger partial charge is 0.119 e. The molecule has 0 aliphatic heterocycles. The highest BCUT2D eigenvalue weighted by molar-refractivity contribution is 5.36. The van der Waals surface area contributed by atoms with Crippen molar-refractivity contribution in [3.63, 3.8) is 0 Å². The van der Waals surface area contributed by atoms with Crippen LogP contribution in [0.15, 0.2) is 30.4 Å². The van der Waals surface area contributed by atoms with Crippen LogP contribution in [-0.2, 0) is 6.42 Å². The predicted molar refractivity (Wildman–Crippen MR) is 108 cm³/mol. The third kappa shape index (κ3) is 12.6. The third-order valence-corrected chi connectivity index (χ3v) is 4.69. The quantitative estimate of drug-likeness (QED) is 0.258. The van der Waals surface area contributed by atoms with E-state index in [0.29, 0.717) is 0 Å². The number of phenols is 2. The number of phenolic OH excluding ortho intramolecular Hbond substituents is 2. The van der Waals surface area contributed by atoms with Crippen molar-refractivity contribution in [1.29, 1.82) is 0 Å². The van der Waals surface area contributed by atoms with Crippen molar-refractivity contribution in [2.75, 3.05) is 0 Å². The van der Waals surface area contributed by atoms with Gasteiger partial charge in [0.1, 0.15) is 11.5 Å². The lowest BCUT2D eigenvalue weighted by Crippen LogP contribution is -1.87. The summed E-state index contributed by atoms with van der Waals surface area (Å²) in [6.07, 6.45) is 22.6. The van der Waals surface area contributed by atoms with Crippen molar-refractivity contribution in [3.05, 3.63) is 35.9 Å². The summed E-state index contributed by atoms with van der Waals surface area (Å²) in [6.45, 7) is 2.24. The molecular formula is C23H38O2. The molecular weight excluding hydrogens is 308 g/mol. The molecule has 0 unspecified atom stereocenters. The van der Waals surface area contributed by atoms with Gasteiger partial charge < -0.3 is 10.2 Å². The fraction of sp³-hybridized carbons (Fsp3) is 0.652. The summed E-state index contributed by atoms with van der Waals surface area (Å²) in [7, 11) is 0. The number of benzene rings is 1. The first kappa shape index (κ1) is 21.6. The van der Waals surface area contributed by atoms with E-state index in [-0.39, 0.29) is 11.5 Å². The van der Waals surface area contributed by atoms with E-state index >= 15 is 0 Å². The van der Waals surface area contributed by atoms with E-state index in [1.165, 1.54) is 83.1 Å². The van der Waals surface area contributed by atoms with Crippen molar-refractivity contribution in [2.45, 2.75) is 96.8 Å². The van der Waals surface area contributed by atoms with Gasteiger partial charge in [0, 0.05) is 6.07 Å². The topological polar surface area (TPSA) is 40.5 Å². The van der Waals surface area contributed by atoms with Gasteiger partial charge in [-0.05, 0) is 49.8 Å². The van der Waals surface area contributed by atoms with Crippen molar-refractivity contribution in [3.8, 4) is 11.5 Å². The second-order valence-corrected chi connectivity index (χ2v) is 7.19. The largest absolute Gasteiger partial charge is 0.508 e. The average molecular weight is 347 g/mol. The third-order valence-electron chi connectivity index (χ3n) is 4.69. The van der Waals surface area contributed by atoms with Crippen LogP contribution in [0, 0.1) is 0 Å². The maximum Gasteiger partial charge on any atom is 0.119 e. The Bertz CT molecular complexity index is 445. The standard InChI is InChI=1S/C23H38O2/c1-2-3-4-5-6-7-8-9-10-11-12-13-14-15-16-17-21-18-22(24)20-23(25)19-21/h5-6,18-20,24-25H,2-4,7-17H2,1H3/b6-5-. The van der Waals surface area contributed by atoms with E-state index in [4.69, 9.17) is 0 Å². The maximum atomic E-state index is 9.46. The Morgan fingerprint density at radius 3 is 1.68 bits per heavy atom. The molecule has 0 bridgehead atoms. The molecule has 0 aliphatic carbocycles. The van der Waals surface area contributed by atoms with Gasteiger partial charge in [-0.2, -0.15) is 0 Å². The number of rotatable bonds is 15. The molecule has 0 radical (unpaired) electrons. The molecule has 0 aromatic heterocycles. The monoisotopic (exact) mass is 346 g/mol. The lowest BCUT2D eigenvalue weighted by molar-refractivity contribution is 0.449. The summed E-state index contributed by atoms with van der Waals surface area (Å²) in [5.41, 5.74) is 1.03. The number of hydrogen-bond donors (Lipinski definition) is 2. The summed E-state index contributed by atoms with van der Waals surface area (Å²) < 4.78 is 0. The fourth-order valence-corrected chi connectivity index (χ4v) is 3.19. The summed E-state index contributed by atoms with van der Waals surface area (Å²) in [5.74, 6) is 0.318. The molecule has 2 heteroatoms. The van der Waals surface area contributed by atoms with Gasteiger partial charge >= 0.3 is 0 Å². The summed E-state index contributed by atoms with van der Waals surface area (Å²) in [4.78, 5) is 0. The molecule has 0 heterocycles. The Labute approximate surface area is 155 Å². The number of aryl methyl sites for hydroxylation is 1. The van der Waals surface area contributed by atoms with Crippen LogP contribution in [0.1, 0.15) is 96.0 Å². The van der Waals surface area contributed by atoms with E-state index in [2.05, 4.69) is 19.1 Å². The highest BCUT2D eigenvalue weighted by Crippen LogP contribution is 2.22. The SMILES string of the molecule is CCCC/C=C\CCCCCCCCCCCc1cc(O)cc(O)c1. The van der Waals surface area contributed by atoms with Gasteiger partial charge in [0.25, 0.3) is 0 Å². The van der Waals surface area contributed by atoms with Crippen LogP contribution in [-0.4, -0.2) is 10.2 Å². The van der Waals surface area contributed by atoms with Crippen LogP contribution in [0.2, 0.25) is 0 Å². The highest BCUT2D eigenvalue weighted by Gasteiger charge is 1.99. The van der Waals surface area contributed by atoms with Gasteiger partial charge in [-0.15, -0.1) is 0 Å². The van der Waals surface area contributed by atoms with E-state index in [0.717, 1.165) is 18.4 Å². The van der Waals surface area contributed by atoms with Crippen molar-refractivity contribution < 1.29 is 10.2 Å². The van der Waals surface area contributed by atoms with E-state index in [1.54, 1.807) is 12.1 Å². The molecule has 0 amide bonds. The Morgan fingerprint density at radius 2 is 1.12 bits per heavy atom. The van der Waals surface area contributed by atoms with Crippen LogP contribution < -0.4 is 0 Å². The van der Waals surface area contributed by atoms with Crippen LogP contribution in [0.5, 0.6) is 11.5 Å². The van der Waals surface area contributed by atoms with Gasteiger partial charge in [-0.3, -0.25) is 0 Å². The van der Waals surface area contributed by atoms with Crippen molar-refractivity contribution >= 4 is 0 Å². The van der Waals surface area contributed by atoms with Gasteiger partial charge in [-0.25, -0.2) is 0 Å². The molecule has 142 valence electrons. The first-order valence-corrected chi connectivity index (χ1v) is 10.4. The number of hydrogen-bond acceptors (Lipinski definition) is 2. The molecule has 1 aromatic carbocycles. The molecule has 0 aliphatic rings. The summed E-state index contributed by atoms with van der Waals surface area (Å²) in [6, 6.07) is 4.88. The zero-order valence-electron chi connectivity index (χ0n) is 16.2. The highest BCUT2D eigenvalue weighted by atomic mass is 16.3. The lowest BCUT2D eigenvalue weighted by Gasteiger charge is -2.04. The Morgan fingerprint density at radius 1 is 0.640 bits per heavy atom. The lowest BCUT2D eigenvalue weighted by atomic mass is 10.0. The molecule has 0 saturated carbocycles. The van der Waals surface area contributed by atoms with Crippen molar-refractivity contribution in [1.82, 2.24) is 0 Å². The normalized spacial score (nSPS) is 11.4. The van der Waals surface area contributed by atoms with Gasteiger partial charge in [-0.1, -0.05) is 76.9 Å². The Hall–Kier alpha value is -1.44. The summed E-state index contributed by atoms with van der Waals surface area (Å²) in [5, 5.41) is 18.9. The predicted octanol–water partition coefficient (Wildman–Crippen LogP) is 7.29. The first-order chi connectivity index (χ1) is 12.2. The van der Waals surface area contributed by atoms with Gasteiger partial charge in [0.05, 0.1) is 0 Å². The molecule has 25 heavy (non-hydrogen) atoms. The molecule has 2 N–H and O–H groups in total. The van der Waals surface area contributed by atoms with Crippen LogP contribution in [0.25, 0.3) is 0 Å². The molecule has 0 atom stereocenters. The molecule has 1 aromatic rings. The molecule has 0 fully saturated rings. The van der Waals surface area contributed by atoms with E-state index in [9.17, 15) is 10.2 Å². The minimum atomic E-state index is 0.159. The average Bonchev–Trinajstić information content (AvgIpc) is 2.57. The van der Waals surface area contributed by atoms with Gasteiger partial charge in [0.2, 0.25) is 0 Å². The van der Waals surface area contributed by atoms with Crippen LogP contribution in [0.4, 0.5) is 0 Å². The fourth-order valence-electron chi connectivity index (χ4n) is 3.19. The molecule has 1 rings (SSSR count). The summed E-state index contributed by atoms with van der Waals surface area (Å²) >= 11 is 0. The number of aromatic hydroxyl groups is 2. The maximum absolute atomic E-state index is 9.46. The zero-order chi connectivity index (χ0) is 18.2. The Balaban J connectivity index is 1.85. The van der Waals surface area contributed by atoms with E-state index in [1.807, 2.05) is 0 Å². The Kier molecular flexibility index (Phi) is 12.8. The van der Waals surface area contributed by atoms with Crippen LogP contribution in [0.3, 0.4) is 0 Å². The van der Waals surface area contributed by atoms with Crippen molar-refractivity contribution in [2.24, 2.45) is 0 Å². The second-order valence-electron chi connectivity index (χ2n) is 7.19. The molecule has 0 saturated heterocycles. The second kappa shape index (κ2) is 14.9. The zero-order valence-corrected chi connectivity index (χ0v) is 16.2. The molecule has 0 spiro atoms. The minimum absolute atomic E-state index is 0.159. The first-order valence-electron chi connectivity index (χ1n) is 10.4. The van der Waals surface area contributed by atoms with Crippen LogP contribution >= 0.6 is 0 Å².